The van der Waals surface area contributed by atoms with Gasteiger partial charge in [-0.05, 0) is 38.0 Å². The summed E-state index contributed by atoms with van der Waals surface area (Å²) < 4.78 is 0. The normalized spacial score (nSPS) is 27.5. The Morgan fingerprint density at radius 3 is 2.60 bits per heavy atom. The van der Waals surface area contributed by atoms with Crippen LogP contribution in [0.1, 0.15) is 58.3 Å². The maximum Gasteiger partial charge on any atom is 0.0960 e. The second-order valence-electron chi connectivity index (χ2n) is 5.14. The van der Waals surface area contributed by atoms with Crippen molar-refractivity contribution in [1.29, 1.82) is 5.41 Å². The lowest BCUT2D eigenvalue weighted by Crippen LogP contribution is -2.38. The molecule has 2 nitrogen and oxygen atoms in total. The number of hydrogen-bond donors (Lipinski definition) is 1. The number of likely N-dealkylation sites (tertiary alicyclic amines) is 1. The van der Waals surface area contributed by atoms with E-state index in [1.54, 1.807) is 0 Å². The van der Waals surface area contributed by atoms with Gasteiger partial charge in [0.15, 0.2) is 0 Å². The molecule has 0 spiro atoms. The molecule has 86 valence electrons. The van der Waals surface area contributed by atoms with Gasteiger partial charge < -0.3 is 4.90 Å². The van der Waals surface area contributed by atoms with Crippen molar-refractivity contribution in [2.75, 3.05) is 6.54 Å². The van der Waals surface area contributed by atoms with Crippen LogP contribution in [0.2, 0.25) is 0 Å². The molecule has 0 aromatic carbocycles. The third kappa shape index (κ3) is 2.35. The summed E-state index contributed by atoms with van der Waals surface area (Å²) in [6.45, 7) is 3.33. The van der Waals surface area contributed by atoms with Gasteiger partial charge in [-0.25, -0.2) is 0 Å². The highest BCUT2D eigenvalue weighted by molar-refractivity contribution is 5.79. The van der Waals surface area contributed by atoms with E-state index in [2.05, 4.69) is 11.8 Å². The van der Waals surface area contributed by atoms with Gasteiger partial charge in [-0.15, -0.1) is 0 Å². The molecule has 0 bridgehead atoms. The van der Waals surface area contributed by atoms with Crippen LogP contribution in [0, 0.1) is 11.3 Å². The third-order valence-electron chi connectivity index (χ3n) is 4.08. The van der Waals surface area contributed by atoms with Crippen molar-refractivity contribution in [2.45, 2.75) is 64.3 Å². The van der Waals surface area contributed by atoms with Crippen LogP contribution < -0.4 is 0 Å². The zero-order valence-electron chi connectivity index (χ0n) is 9.97. The Hall–Kier alpha value is -0.530. The first kappa shape index (κ1) is 11.0. The van der Waals surface area contributed by atoms with Gasteiger partial charge >= 0.3 is 0 Å². The molecule has 0 amide bonds. The monoisotopic (exact) mass is 208 g/mol. The summed E-state index contributed by atoms with van der Waals surface area (Å²) in [6.07, 6.45) is 10.4. The van der Waals surface area contributed by atoms with Crippen LogP contribution in [0.5, 0.6) is 0 Å². The maximum atomic E-state index is 8.11. The smallest absolute Gasteiger partial charge is 0.0960 e. The Balaban J connectivity index is 1.94. The lowest BCUT2D eigenvalue weighted by atomic mass is 9.96. The Bertz CT molecular complexity index is 219. The van der Waals surface area contributed by atoms with Crippen molar-refractivity contribution in [3.05, 3.63) is 0 Å². The highest BCUT2D eigenvalue weighted by Crippen LogP contribution is 2.35. The predicted octanol–water partition coefficient (Wildman–Crippen LogP) is 3.42. The van der Waals surface area contributed by atoms with E-state index in [1.807, 2.05) is 0 Å². The number of nitrogens with zero attached hydrogens (tertiary/aromatic N) is 1. The molecular formula is C13H24N2. The molecule has 2 heteroatoms. The van der Waals surface area contributed by atoms with Crippen molar-refractivity contribution >= 4 is 5.84 Å². The molecular weight excluding hydrogens is 184 g/mol. The van der Waals surface area contributed by atoms with Crippen LogP contribution in [-0.4, -0.2) is 23.3 Å². The molecule has 2 aliphatic rings. The zero-order chi connectivity index (χ0) is 10.7. The van der Waals surface area contributed by atoms with E-state index in [4.69, 9.17) is 5.41 Å². The SMILES string of the molecule is CCCC(=N)N1CCCC1C1CCCC1. The number of hydrogen-bond acceptors (Lipinski definition) is 1. The van der Waals surface area contributed by atoms with Crippen molar-refractivity contribution < 1.29 is 0 Å². The second kappa shape index (κ2) is 5.00. The van der Waals surface area contributed by atoms with E-state index in [0.29, 0.717) is 0 Å². The summed E-state index contributed by atoms with van der Waals surface area (Å²) in [5.41, 5.74) is 0. The van der Waals surface area contributed by atoms with Crippen molar-refractivity contribution in [3.63, 3.8) is 0 Å². The highest BCUT2D eigenvalue weighted by atomic mass is 15.2. The lowest BCUT2D eigenvalue weighted by molar-refractivity contribution is 0.275. The van der Waals surface area contributed by atoms with E-state index in [0.717, 1.165) is 37.2 Å². The molecule has 1 unspecified atom stereocenters. The van der Waals surface area contributed by atoms with Gasteiger partial charge in [-0.3, -0.25) is 5.41 Å². The molecule has 1 heterocycles. The Labute approximate surface area is 93.6 Å². The minimum atomic E-state index is 0.728. The average molecular weight is 208 g/mol. The van der Waals surface area contributed by atoms with Crippen molar-refractivity contribution in [3.8, 4) is 0 Å². The van der Waals surface area contributed by atoms with E-state index in [9.17, 15) is 0 Å². The summed E-state index contributed by atoms with van der Waals surface area (Å²) in [6, 6.07) is 0.728. The van der Waals surface area contributed by atoms with E-state index >= 15 is 0 Å². The highest BCUT2D eigenvalue weighted by Gasteiger charge is 2.33. The largest absolute Gasteiger partial charge is 0.357 e. The molecule has 1 N–H and O–H groups in total. The summed E-state index contributed by atoms with van der Waals surface area (Å²) >= 11 is 0. The molecule has 0 aromatic rings. The van der Waals surface area contributed by atoms with Crippen LogP contribution in [0.3, 0.4) is 0 Å². The Kier molecular flexibility index (Phi) is 3.66. The molecule has 1 aliphatic heterocycles. The molecule has 1 atom stereocenters. The fourth-order valence-corrected chi connectivity index (χ4v) is 3.34. The average Bonchev–Trinajstić information content (AvgIpc) is 2.88. The van der Waals surface area contributed by atoms with Gasteiger partial charge in [0, 0.05) is 19.0 Å². The van der Waals surface area contributed by atoms with E-state index in [1.165, 1.54) is 38.5 Å². The summed E-state index contributed by atoms with van der Waals surface area (Å²) in [4.78, 5) is 2.42. The molecule has 0 radical (unpaired) electrons. The van der Waals surface area contributed by atoms with E-state index < -0.39 is 0 Å². The Morgan fingerprint density at radius 2 is 1.93 bits per heavy atom. The van der Waals surface area contributed by atoms with Crippen molar-refractivity contribution in [2.24, 2.45) is 5.92 Å². The maximum absolute atomic E-state index is 8.11. The molecule has 1 saturated carbocycles. The van der Waals surface area contributed by atoms with Gasteiger partial charge in [0.2, 0.25) is 0 Å². The second-order valence-corrected chi connectivity index (χ2v) is 5.14. The first-order chi connectivity index (χ1) is 7.33. The minimum Gasteiger partial charge on any atom is -0.357 e. The molecule has 2 fully saturated rings. The molecule has 1 aliphatic carbocycles. The van der Waals surface area contributed by atoms with Gasteiger partial charge in [-0.2, -0.15) is 0 Å². The zero-order valence-corrected chi connectivity index (χ0v) is 9.97. The van der Waals surface area contributed by atoms with Crippen molar-refractivity contribution in [1.82, 2.24) is 4.90 Å². The number of rotatable bonds is 3. The molecule has 1 saturated heterocycles. The predicted molar refractivity (Wildman–Crippen MR) is 64.3 cm³/mol. The van der Waals surface area contributed by atoms with E-state index in [-0.39, 0.29) is 0 Å². The summed E-state index contributed by atoms with van der Waals surface area (Å²) in [5.74, 6) is 1.82. The first-order valence-corrected chi connectivity index (χ1v) is 6.67. The topological polar surface area (TPSA) is 27.1 Å². The summed E-state index contributed by atoms with van der Waals surface area (Å²) in [7, 11) is 0. The lowest BCUT2D eigenvalue weighted by Gasteiger charge is -2.31. The Morgan fingerprint density at radius 1 is 1.20 bits per heavy atom. The van der Waals surface area contributed by atoms with Crippen LogP contribution in [0.15, 0.2) is 0 Å². The molecule has 15 heavy (non-hydrogen) atoms. The third-order valence-corrected chi connectivity index (χ3v) is 4.08. The van der Waals surface area contributed by atoms with Crippen LogP contribution in [0.4, 0.5) is 0 Å². The van der Waals surface area contributed by atoms with Gasteiger partial charge in [0.05, 0.1) is 5.84 Å². The summed E-state index contributed by atoms with van der Waals surface area (Å²) in [5, 5.41) is 8.11. The quantitative estimate of drug-likeness (QED) is 0.558. The first-order valence-electron chi connectivity index (χ1n) is 6.67. The van der Waals surface area contributed by atoms with Crippen LogP contribution in [0.25, 0.3) is 0 Å². The van der Waals surface area contributed by atoms with Gasteiger partial charge in [-0.1, -0.05) is 19.8 Å². The standard InChI is InChI=1S/C13H24N2/c1-2-6-13(14)15-10-5-9-12(15)11-7-3-4-8-11/h11-12,14H,2-10H2,1H3. The van der Waals surface area contributed by atoms with Gasteiger partial charge in [0.25, 0.3) is 0 Å². The molecule has 0 aromatic heterocycles. The van der Waals surface area contributed by atoms with Gasteiger partial charge in [0.1, 0.15) is 0 Å². The van der Waals surface area contributed by atoms with Crippen LogP contribution in [-0.2, 0) is 0 Å². The fourth-order valence-electron chi connectivity index (χ4n) is 3.34. The van der Waals surface area contributed by atoms with Crippen LogP contribution >= 0.6 is 0 Å². The number of amidine groups is 1. The molecule has 2 rings (SSSR count). The fraction of sp³-hybridized carbons (Fsp3) is 0.923. The minimum absolute atomic E-state index is 0.728. The number of nitrogens with one attached hydrogen (secondary N) is 1.